The zero-order valence-corrected chi connectivity index (χ0v) is 12.4. The van der Waals surface area contributed by atoms with Crippen molar-refractivity contribution in [2.75, 3.05) is 12.3 Å². The van der Waals surface area contributed by atoms with Crippen molar-refractivity contribution in [2.45, 2.75) is 18.8 Å². The Morgan fingerprint density at radius 2 is 1.96 bits per heavy atom. The van der Waals surface area contributed by atoms with Crippen LogP contribution in [0.5, 0.6) is 0 Å². The van der Waals surface area contributed by atoms with Crippen LogP contribution in [0.1, 0.15) is 17.2 Å². The number of nitrogens with two attached hydrogens (primary N) is 1. The third kappa shape index (κ3) is 5.24. The molecule has 7 nitrogen and oxygen atoms in total. The van der Waals surface area contributed by atoms with Gasteiger partial charge in [-0.1, -0.05) is 36.4 Å². The molecule has 1 aromatic carbocycles. The highest BCUT2D eigenvalue weighted by molar-refractivity contribution is 5.67. The third-order valence-corrected chi connectivity index (χ3v) is 3.18. The molecule has 2 atom stereocenters. The van der Waals surface area contributed by atoms with Gasteiger partial charge in [-0.05, 0) is 11.6 Å². The van der Waals surface area contributed by atoms with Crippen LogP contribution in [-0.4, -0.2) is 33.9 Å². The highest BCUT2D eigenvalue weighted by atomic mass is 16.5. The number of pyridine rings is 1. The molecule has 7 heteroatoms. The van der Waals surface area contributed by atoms with Crippen molar-refractivity contribution >= 4 is 11.9 Å². The minimum atomic E-state index is -1.19. The number of alkyl carbamates (subject to hydrolysis) is 1. The van der Waals surface area contributed by atoms with E-state index in [0.717, 1.165) is 5.56 Å². The number of aliphatic hydroxyl groups is 2. The number of carbonyl (C=O) groups is 1. The lowest BCUT2D eigenvalue weighted by Crippen LogP contribution is -2.35. The van der Waals surface area contributed by atoms with Crippen LogP contribution in [0.4, 0.5) is 10.6 Å². The SMILES string of the molecule is Nc1ccc(C(O)C(O)CNC(=O)OCc2ccccc2)cn1. The Morgan fingerprint density at radius 1 is 1.22 bits per heavy atom. The summed E-state index contributed by atoms with van der Waals surface area (Å²) in [4.78, 5) is 15.4. The minimum Gasteiger partial charge on any atom is -0.445 e. The van der Waals surface area contributed by atoms with Crippen LogP contribution < -0.4 is 11.1 Å². The molecular weight excluding hydrogens is 298 g/mol. The quantitative estimate of drug-likeness (QED) is 0.631. The minimum absolute atomic E-state index is 0.132. The molecule has 2 rings (SSSR count). The molecule has 0 aliphatic rings. The molecule has 2 unspecified atom stereocenters. The lowest BCUT2D eigenvalue weighted by Gasteiger charge is -2.18. The van der Waals surface area contributed by atoms with Crippen molar-refractivity contribution in [3.8, 4) is 0 Å². The van der Waals surface area contributed by atoms with E-state index in [-0.39, 0.29) is 13.2 Å². The molecule has 0 aliphatic heterocycles. The van der Waals surface area contributed by atoms with Gasteiger partial charge in [-0.25, -0.2) is 9.78 Å². The third-order valence-electron chi connectivity index (χ3n) is 3.18. The number of nitrogens with zero attached hydrogens (tertiary/aromatic N) is 1. The molecule has 23 heavy (non-hydrogen) atoms. The van der Waals surface area contributed by atoms with Crippen LogP contribution in [0.2, 0.25) is 0 Å². The Hall–Kier alpha value is -2.64. The fourth-order valence-electron chi connectivity index (χ4n) is 1.89. The van der Waals surface area contributed by atoms with Crippen molar-refractivity contribution in [3.63, 3.8) is 0 Å². The zero-order chi connectivity index (χ0) is 16.7. The maximum atomic E-state index is 11.6. The second-order valence-corrected chi connectivity index (χ2v) is 4.97. The number of hydrogen-bond acceptors (Lipinski definition) is 6. The number of anilines is 1. The number of aromatic nitrogens is 1. The van der Waals surface area contributed by atoms with Crippen LogP contribution in [-0.2, 0) is 11.3 Å². The second kappa shape index (κ2) is 8.11. The Morgan fingerprint density at radius 3 is 2.61 bits per heavy atom. The summed E-state index contributed by atoms with van der Waals surface area (Å²) in [6, 6.07) is 12.3. The van der Waals surface area contributed by atoms with Crippen molar-refractivity contribution in [2.24, 2.45) is 0 Å². The first-order valence-electron chi connectivity index (χ1n) is 7.08. The van der Waals surface area contributed by atoms with E-state index in [1.54, 1.807) is 6.07 Å². The Balaban J connectivity index is 1.75. The summed E-state index contributed by atoms with van der Waals surface area (Å²) in [5, 5.41) is 22.3. The van der Waals surface area contributed by atoms with Gasteiger partial charge in [0.2, 0.25) is 0 Å². The molecule has 0 aliphatic carbocycles. The predicted molar refractivity (Wildman–Crippen MR) is 84.2 cm³/mol. The molecule has 0 saturated carbocycles. The largest absolute Gasteiger partial charge is 0.445 e. The fourth-order valence-corrected chi connectivity index (χ4v) is 1.89. The lowest BCUT2D eigenvalue weighted by atomic mass is 10.1. The van der Waals surface area contributed by atoms with E-state index in [1.807, 2.05) is 30.3 Å². The Kier molecular flexibility index (Phi) is 5.90. The molecule has 1 amide bonds. The normalized spacial score (nSPS) is 13.1. The summed E-state index contributed by atoms with van der Waals surface area (Å²) < 4.78 is 5.01. The summed E-state index contributed by atoms with van der Waals surface area (Å²) >= 11 is 0. The van der Waals surface area contributed by atoms with Crippen LogP contribution in [0.3, 0.4) is 0 Å². The van der Waals surface area contributed by atoms with Gasteiger partial charge in [0, 0.05) is 18.3 Å². The van der Waals surface area contributed by atoms with Gasteiger partial charge in [0.15, 0.2) is 0 Å². The Labute approximate surface area is 133 Å². The van der Waals surface area contributed by atoms with Gasteiger partial charge < -0.3 is 26.0 Å². The van der Waals surface area contributed by atoms with E-state index in [4.69, 9.17) is 10.5 Å². The van der Waals surface area contributed by atoms with E-state index in [1.165, 1.54) is 12.3 Å². The molecule has 0 spiro atoms. The van der Waals surface area contributed by atoms with Gasteiger partial charge in [0.1, 0.15) is 24.6 Å². The second-order valence-electron chi connectivity index (χ2n) is 4.97. The first kappa shape index (κ1) is 16.7. The van der Waals surface area contributed by atoms with Gasteiger partial charge in [-0.3, -0.25) is 0 Å². The fraction of sp³-hybridized carbons (Fsp3) is 0.250. The Bertz CT molecular complexity index is 619. The number of aliphatic hydroxyl groups excluding tert-OH is 2. The lowest BCUT2D eigenvalue weighted by molar-refractivity contribution is 0.0182. The first-order chi connectivity index (χ1) is 11.1. The number of hydrogen-bond donors (Lipinski definition) is 4. The number of carbonyl (C=O) groups excluding carboxylic acids is 1. The molecule has 0 saturated heterocycles. The van der Waals surface area contributed by atoms with E-state index in [9.17, 15) is 15.0 Å². The topological polar surface area (TPSA) is 118 Å². The molecular formula is C16H19N3O4. The summed E-state index contributed by atoms with van der Waals surface area (Å²) in [6.07, 6.45) is -1.67. The number of nitrogens with one attached hydrogen (secondary N) is 1. The van der Waals surface area contributed by atoms with Crippen LogP contribution >= 0.6 is 0 Å². The van der Waals surface area contributed by atoms with Crippen LogP contribution in [0.15, 0.2) is 48.7 Å². The first-order valence-corrected chi connectivity index (χ1v) is 7.08. The highest BCUT2D eigenvalue weighted by Gasteiger charge is 2.19. The van der Waals surface area contributed by atoms with Crippen LogP contribution in [0.25, 0.3) is 0 Å². The van der Waals surface area contributed by atoms with Gasteiger partial charge >= 0.3 is 6.09 Å². The summed E-state index contributed by atoms with van der Waals surface area (Å²) in [5.74, 6) is 0.318. The number of rotatable bonds is 6. The molecule has 122 valence electrons. The van der Waals surface area contributed by atoms with Crippen molar-refractivity contribution < 1.29 is 19.7 Å². The van der Waals surface area contributed by atoms with Gasteiger partial charge in [0.05, 0.1) is 0 Å². The molecule has 2 aromatic rings. The maximum absolute atomic E-state index is 11.6. The number of benzene rings is 1. The highest BCUT2D eigenvalue weighted by Crippen LogP contribution is 2.16. The smallest absolute Gasteiger partial charge is 0.407 e. The van der Waals surface area contributed by atoms with Gasteiger partial charge in [-0.2, -0.15) is 0 Å². The van der Waals surface area contributed by atoms with Crippen molar-refractivity contribution in [1.82, 2.24) is 10.3 Å². The summed E-state index contributed by atoms with van der Waals surface area (Å²) in [6.45, 7) is -0.0215. The molecule has 0 bridgehead atoms. The molecule has 1 heterocycles. The standard InChI is InChI=1S/C16H19N3O4/c17-14-7-6-12(8-18-14)15(21)13(20)9-19-16(22)23-10-11-4-2-1-3-5-11/h1-8,13,15,20-21H,9-10H2,(H2,17,18)(H,19,22). The molecule has 1 aromatic heterocycles. The average Bonchev–Trinajstić information content (AvgIpc) is 2.58. The summed E-state index contributed by atoms with van der Waals surface area (Å²) in [7, 11) is 0. The molecule has 5 N–H and O–H groups in total. The van der Waals surface area contributed by atoms with E-state index in [2.05, 4.69) is 10.3 Å². The molecule has 0 radical (unpaired) electrons. The van der Waals surface area contributed by atoms with Crippen LogP contribution in [0, 0.1) is 0 Å². The predicted octanol–water partition coefficient (Wildman–Crippen LogP) is 0.984. The van der Waals surface area contributed by atoms with E-state index in [0.29, 0.717) is 11.4 Å². The monoisotopic (exact) mass is 317 g/mol. The number of nitrogen functional groups attached to an aromatic ring is 1. The average molecular weight is 317 g/mol. The van der Waals surface area contributed by atoms with Gasteiger partial charge in [-0.15, -0.1) is 0 Å². The van der Waals surface area contributed by atoms with E-state index < -0.39 is 18.3 Å². The van der Waals surface area contributed by atoms with E-state index >= 15 is 0 Å². The molecule has 0 fully saturated rings. The zero-order valence-electron chi connectivity index (χ0n) is 12.4. The number of ether oxygens (including phenoxy) is 1. The maximum Gasteiger partial charge on any atom is 0.407 e. The number of amides is 1. The van der Waals surface area contributed by atoms with Crippen molar-refractivity contribution in [3.05, 3.63) is 59.8 Å². The summed E-state index contributed by atoms with van der Waals surface area (Å²) in [5.41, 5.74) is 6.72. The van der Waals surface area contributed by atoms with Crippen molar-refractivity contribution in [1.29, 1.82) is 0 Å². The van der Waals surface area contributed by atoms with Gasteiger partial charge in [0.25, 0.3) is 0 Å².